The molecule has 1 unspecified atom stereocenters. The van der Waals surface area contributed by atoms with Crippen LogP contribution < -0.4 is 0 Å². The van der Waals surface area contributed by atoms with E-state index in [2.05, 4.69) is 6.07 Å². The van der Waals surface area contributed by atoms with Gasteiger partial charge in [-0.05, 0) is 37.1 Å². The van der Waals surface area contributed by atoms with E-state index in [1.807, 2.05) is 28.5 Å². The van der Waals surface area contributed by atoms with Crippen molar-refractivity contribution in [1.29, 1.82) is 0 Å². The van der Waals surface area contributed by atoms with Gasteiger partial charge in [-0.15, -0.1) is 11.3 Å². The second-order valence-electron chi connectivity index (χ2n) is 5.70. The Labute approximate surface area is 128 Å². The van der Waals surface area contributed by atoms with E-state index in [9.17, 15) is 14.7 Å². The van der Waals surface area contributed by atoms with Gasteiger partial charge in [-0.1, -0.05) is 18.2 Å². The first-order valence-corrected chi connectivity index (χ1v) is 8.28. The number of amides is 1. The van der Waals surface area contributed by atoms with Crippen LogP contribution in [0, 0.1) is 11.8 Å². The summed E-state index contributed by atoms with van der Waals surface area (Å²) in [5, 5.41) is 11.4. The fraction of sp³-hybridized carbons (Fsp3) is 0.500. The van der Waals surface area contributed by atoms with Crippen molar-refractivity contribution in [2.75, 3.05) is 6.54 Å². The quantitative estimate of drug-likeness (QED) is 0.873. The number of carboxylic acids is 1. The Morgan fingerprint density at radius 3 is 2.67 bits per heavy atom. The van der Waals surface area contributed by atoms with Crippen LogP contribution in [0.3, 0.4) is 0 Å². The molecule has 1 aromatic heterocycles. The zero-order valence-electron chi connectivity index (χ0n) is 11.8. The molecule has 0 spiro atoms. The first kappa shape index (κ1) is 14.3. The molecule has 2 aliphatic rings. The number of likely N-dealkylation sites (tertiary alicyclic amines) is 1. The first-order valence-electron chi connectivity index (χ1n) is 7.40. The molecule has 2 heterocycles. The lowest BCUT2D eigenvalue weighted by molar-refractivity contribution is -0.151. The number of rotatable bonds is 3. The third kappa shape index (κ3) is 2.75. The van der Waals surface area contributed by atoms with Crippen LogP contribution in [0.4, 0.5) is 0 Å². The van der Waals surface area contributed by atoms with Gasteiger partial charge in [0.2, 0.25) is 5.91 Å². The van der Waals surface area contributed by atoms with Crippen LogP contribution >= 0.6 is 11.3 Å². The minimum absolute atomic E-state index is 0.0163. The lowest BCUT2D eigenvalue weighted by atomic mass is 9.82. The van der Waals surface area contributed by atoms with Gasteiger partial charge < -0.3 is 10.0 Å². The molecule has 0 aromatic carbocycles. The van der Waals surface area contributed by atoms with Gasteiger partial charge in [0.25, 0.3) is 0 Å². The summed E-state index contributed by atoms with van der Waals surface area (Å²) in [4.78, 5) is 27.4. The van der Waals surface area contributed by atoms with E-state index in [0.717, 1.165) is 19.4 Å². The van der Waals surface area contributed by atoms with Crippen LogP contribution in [0.15, 0.2) is 29.7 Å². The molecule has 1 saturated heterocycles. The monoisotopic (exact) mass is 305 g/mol. The molecule has 1 fully saturated rings. The number of carbonyl (C=O) groups excluding carboxylic acids is 1. The second kappa shape index (κ2) is 6.02. The van der Waals surface area contributed by atoms with Crippen molar-refractivity contribution in [3.05, 3.63) is 34.5 Å². The maximum atomic E-state index is 12.9. The Morgan fingerprint density at radius 2 is 2.00 bits per heavy atom. The average Bonchev–Trinajstić information content (AvgIpc) is 3.16. The lowest BCUT2D eigenvalue weighted by Crippen LogP contribution is -2.41. The summed E-state index contributed by atoms with van der Waals surface area (Å²) >= 11 is 1.67. The number of allylic oxidation sites excluding steroid dienone is 2. The van der Waals surface area contributed by atoms with E-state index in [1.165, 1.54) is 4.88 Å². The maximum absolute atomic E-state index is 12.9. The molecule has 1 aliphatic carbocycles. The van der Waals surface area contributed by atoms with Gasteiger partial charge in [-0.25, -0.2) is 0 Å². The van der Waals surface area contributed by atoms with Crippen molar-refractivity contribution in [3.8, 4) is 0 Å². The fourth-order valence-corrected chi connectivity index (χ4v) is 4.25. The molecular weight excluding hydrogens is 286 g/mol. The largest absolute Gasteiger partial charge is 0.481 e. The highest BCUT2D eigenvalue weighted by molar-refractivity contribution is 7.10. The van der Waals surface area contributed by atoms with Crippen molar-refractivity contribution in [3.63, 3.8) is 0 Å². The topological polar surface area (TPSA) is 57.6 Å². The van der Waals surface area contributed by atoms with Crippen molar-refractivity contribution < 1.29 is 14.7 Å². The molecule has 21 heavy (non-hydrogen) atoms. The molecule has 0 bridgehead atoms. The molecule has 5 heteroatoms. The Hall–Kier alpha value is -1.62. The highest BCUT2D eigenvalue weighted by atomic mass is 32.1. The molecular formula is C16H19NO3S. The van der Waals surface area contributed by atoms with Crippen LogP contribution in [0.25, 0.3) is 0 Å². The van der Waals surface area contributed by atoms with Gasteiger partial charge in [0, 0.05) is 11.4 Å². The van der Waals surface area contributed by atoms with Gasteiger partial charge in [0.1, 0.15) is 0 Å². The van der Waals surface area contributed by atoms with Crippen LogP contribution in [0.1, 0.15) is 36.6 Å². The molecule has 0 saturated carbocycles. The molecule has 3 atom stereocenters. The summed E-state index contributed by atoms with van der Waals surface area (Å²) in [6.07, 6.45) is 6.80. The Morgan fingerprint density at radius 1 is 1.24 bits per heavy atom. The van der Waals surface area contributed by atoms with E-state index in [1.54, 1.807) is 11.3 Å². The molecule has 1 N–H and O–H groups in total. The number of nitrogens with zero attached hydrogens (tertiary/aromatic N) is 1. The smallest absolute Gasteiger partial charge is 0.307 e. The molecule has 1 aliphatic heterocycles. The standard InChI is InChI=1S/C16H19NO3S/c18-15(11-5-1-2-6-12(11)16(19)20)17-9-3-7-13(17)14-8-4-10-21-14/h1-2,4,8,10-13H,3,5-7,9H2,(H,19,20)/t11-,12+,13?/m1/s1. The summed E-state index contributed by atoms with van der Waals surface area (Å²) in [5.74, 6) is -1.83. The van der Waals surface area contributed by atoms with Crippen LogP contribution in [-0.2, 0) is 9.59 Å². The second-order valence-corrected chi connectivity index (χ2v) is 6.68. The Kier molecular flexibility index (Phi) is 4.10. The zero-order chi connectivity index (χ0) is 14.8. The summed E-state index contributed by atoms with van der Waals surface area (Å²) in [6.45, 7) is 0.744. The normalized spacial score (nSPS) is 28.8. The molecule has 1 aromatic rings. The predicted octanol–water partition coefficient (Wildman–Crippen LogP) is 3.08. The van der Waals surface area contributed by atoms with E-state index in [4.69, 9.17) is 0 Å². The minimum Gasteiger partial charge on any atom is -0.481 e. The van der Waals surface area contributed by atoms with Crippen LogP contribution in [0.5, 0.6) is 0 Å². The number of thiophene rings is 1. The minimum atomic E-state index is -0.857. The fourth-order valence-electron chi connectivity index (χ4n) is 3.38. The number of hydrogen-bond acceptors (Lipinski definition) is 3. The molecule has 4 nitrogen and oxygen atoms in total. The first-order chi connectivity index (χ1) is 10.2. The predicted molar refractivity (Wildman–Crippen MR) is 81.0 cm³/mol. The summed E-state index contributed by atoms with van der Waals surface area (Å²) in [6, 6.07) is 4.21. The summed E-state index contributed by atoms with van der Waals surface area (Å²) < 4.78 is 0. The number of carbonyl (C=O) groups is 2. The third-order valence-electron chi connectivity index (χ3n) is 4.47. The molecule has 112 valence electrons. The van der Waals surface area contributed by atoms with Crippen molar-refractivity contribution in [1.82, 2.24) is 4.90 Å². The third-order valence-corrected chi connectivity index (χ3v) is 5.45. The van der Waals surface area contributed by atoms with Crippen molar-refractivity contribution in [2.24, 2.45) is 11.8 Å². The summed E-state index contributed by atoms with van der Waals surface area (Å²) in [7, 11) is 0. The number of carboxylic acid groups (broad SMARTS) is 1. The van der Waals surface area contributed by atoms with Crippen LogP contribution in [0.2, 0.25) is 0 Å². The maximum Gasteiger partial charge on any atom is 0.307 e. The number of hydrogen-bond donors (Lipinski definition) is 1. The SMILES string of the molecule is O=C(O)[C@H]1CC=CC[C@H]1C(=O)N1CCCC1c1cccs1. The Bertz CT molecular complexity index is 552. The van der Waals surface area contributed by atoms with Crippen molar-refractivity contribution in [2.45, 2.75) is 31.7 Å². The van der Waals surface area contributed by atoms with E-state index < -0.39 is 17.8 Å². The van der Waals surface area contributed by atoms with Gasteiger partial charge in [0.05, 0.1) is 17.9 Å². The average molecular weight is 305 g/mol. The van der Waals surface area contributed by atoms with Crippen LogP contribution in [-0.4, -0.2) is 28.4 Å². The van der Waals surface area contributed by atoms with E-state index >= 15 is 0 Å². The van der Waals surface area contributed by atoms with Gasteiger partial charge in [-0.3, -0.25) is 9.59 Å². The molecule has 3 rings (SSSR count). The molecule has 0 radical (unpaired) electrons. The molecule has 1 amide bonds. The lowest BCUT2D eigenvalue weighted by Gasteiger charge is -2.31. The zero-order valence-corrected chi connectivity index (χ0v) is 12.6. The van der Waals surface area contributed by atoms with Gasteiger partial charge in [0.15, 0.2) is 0 Å². The van der Waals surface area contributed by atoms with E-state index in [-0.39, 0.29) is 11.9 Å². The highest BCUT2D eigenvalue weighted by Crippen LogP contribution is 2.38. The number of aliphatic carboxylic acids is 1. The van der Waals surface area contributed by atoms with Gasteiger partial charge in [-0.2, -0.15) is 0 Å². The van der Waals surface area contributed by atoms with Crippen molar-refractivity contribution >= 4 is 23.2 Å². The highest BCUT2D eigenvalue weighted by Gasteiger charge is 2.40. The van der Waals surface area contributed by atoms with Gasteiger partial charge >= 0.3 is 5.97 Å². The summed E-state index contributed by atoms with van der Waals surface area (Å²) in [5.41, 5.74) is 0. The van der Waals surface area contributed by atoms with E-state index in [0.29, 0.717) is 12.8 Å². The Balaban J connectivity index is 1.80.